The summed E-state index contributed by atoms with van der Waals surface area (Å²) in [7, 11) is 0. The van der Waals surface area contributed by atoms with Gasteiger partial charge in [0, 0.05) is 11.1 Å². The second-order valence-electron chi connectivity index (χ2n) is 2.16. The fraction of sp³-hybridized carbons (Fsp3) is 0. The highest BCUT2D eigenvalue weighted by Gasteiger charge is 2.15. The maximum absolute atomic E-state index is 10.4. The molecule has 0 unspecified atom stereocenters. The number of aromatic carboxylic acids is 2. The average Bonchev–Trinajstić information content (AvgIpc) is 2.24. The molecule has 13 heavy (non-hydrogen) atoms. The standard InChI is InChI=1S/C6H6N2O4S/c7-3-1(5(9)10)2(6(11)12)4(8)13-3/h7-8H2,(H,9,10)(H,11,12)/p-2. The van der Waals surface area contributed by atoms with Crippen LogP contribution in [0.25, 0.3) is 0 Å². The number of thiophene rings is 1. The SMILES string of the molecule is Nc1sc(N)c(C(=O)[O-])c1C(=O)[O-]. The van der Waals surface area contributed by atoms with Gasteiger partial charge in [0.2, 0.25) is 0 Å². The molecule has 1 aromatic rings. The molecule has 0 aliphatic carbocycles. The summed E-state index contributed by atoms with van der Waals surface area (Å²) in [6.45, 7) is 0. The van der Waals surface area contributed by atoms with Crippen molar-refractivity contribution in [2.24, 2.45) is 0 Å². The number of anilines is 2. The van der Waals surface area contributed by atoms with E-state index in [2.05, 4.69) is 0 Å². The quantitative estimate of drug-likeness (QED) is 0.548. The van der Waals surface area contributed by atoms with E-state index in [0.717, 1.165) is 0 Å². The summed E-state index contributed by atoms with van der Waals surface area (Å²) < 4.78 is 0. The highest BCUT2D eigenvalue weighted by molar-refractivity contribution is 7.20. The van der Waals surface area contributed by atoms with Crippen LogP contribution in [0.2, 0.25) is 0 Å². The molecule has 1 aromatic heterocycles. The molecule has 6 nitrogen and oxygen atoms in total. The summed E-state index contributed by atoms with van der Waals surface area (Å²) in [5.74, 6) is -3.35. The van der Waals surface area contributed by atoms with E-state index >= 15 is 0 Å². The number of nitrogens with two attached hydrogens (primary N) is 2. The van der Waals surface area contributed by atoms with Crippen molar-refractivity contribution >= 4 is 33.3 Å². The van der Waals surface area contributed by atoms with Crippen LogP contribution in [0, 0.1) is 0 Å². The Morgan fingerprint density at radius 1 is 1.00 bits per heavy atom. The third kappa shape index (κ3) is 1.41. The molecule has 7 heteroatoms. The Balaban J connectivity index is 3.47. The summed E-state index contributed by atoms with van der Waals surface area (Å²) in [6.07, 6.45) is 0. The maximum Gasteiger partial charge on any atom is 0.0976 e. The van der Waals surface area contributed by atoms with Gasteiger partial charge in [-0.3, -0.25) is 0 Å². The van der Waals surface area contributed by atoms with Gasteiger partial charge in [-0.15, -0.1) is 11.3 Å². The van der Waals surface area contributed by atoms with Crippen LogP contribution in [0.5, 0.6) is 0 Å². The van der Waals surface area contributed by atoms with Crippen molar-refractivity contribution in [3.63, 3.8) is 0 Å². The average molecular weight is 200 g/mol. The number of hydrogen-bond donors (Lipinski definition) is 2. The van der Waals surface area contributed by atoms with Crippen molar-refractivity contribution in [1.82, 2.24) is 0 Å². The number of carboxylic acids is 2. The number of carbonyl (C=O) groups excluding carboxylic acids is 2. The fourth-order valence-corrected chi connectivity index (χ4v) is 1.68. The first-order valence-corrected chi connectivity index (χ1v) is 3.87. The van der Waals surface area contributed by atoms with Gasteiger partial charge in [0.05, 0.1) is 21.9 Å². The molecule has 0 aliphatic heterocycles. The van der Waals surface area contributed by atoms with Crippen molar-refractivity contribution in [2.45, 2.75) is 0 Å². The van der Waals surface area contributed by atoms with E-state index in [-0.39, 0.29) is 10.0 Å². The van der Waals surface area contributed by atoms with E-state index in [9.17, 15) is 19.8 Å². The van der Waals surface area contributed by atoms with E-state index in [0.29, 0.717) is 11.3 Å². The van der Waals surface area contributed by atoms with E-state index in [1.165, 1.54) is 0 Å². The van der Waals surface area contributed by atoms with Gasteiger partial charge < -0.3 is 31.3 Å². The summed E-state index contributed by atoms with van der Waals surface area (Å²) >= 11 is 0.666. The first kappa shape index (κ1) is 9.33. The molecule has 1 heterocycles. The van der Waals surface area contributed by atoms with Gasteiger partial charge >= 0.3 is 0 Å². The van der Waals surface area contributed by atoms with Gasteiger partial charge in [-0.2, -0.15) is 0 Å². The molecule has 70 valence electrons. The van der Waals surface area contributed by atoms with Gasteiger partial charge in [0.1, 0.15) is 0 Å². The lowest BCUT2D eigenvalue weighted by atomic mass is 10.2. The fourth-order valence-electron chi connectivity index (χ4n) is 0.872. The smallest absolute Gasteiger partial charge is 0.0976 e. The number of nitrogen functional groups attached to an aromatic ring is 2. The first-order chi connectivity index (χ1) is 5.95. The third-order valence-electron chi connectivity index (χ3n) is 1.37. The Morgan fingerprint density at radius 2 is 1.31 bits per heavy atom. The molecule has 0 radical (unpaired) electrons. The third-order valence-corrected chi connectivity index (χ3v) is 2.22. The zero-order valence-electron chi connectivity index (χ0n) is 6.20. The highest BCUT2D eigenvalue weighted by Crippen LogP contribution is 2.32. The second-order valence-corrected chi connectivity index (χ2v) is 3.24. The van der Waals surface area contributed by atoms with Crippen molar-refractivity contribution in [2.75, 3.05) is 11.5 Å². The van der Waals surface area contributed by atoms with Gasteiger partial charge in [-0.05, 0) is 0 Å². The van der Waals surface area contributed by atoms with Crippen molar-refractivity contribution in [1.29, 1.82) is 0 Å². The Hall–Kier alpha value is -1.76. The molecule has 0 atom stereocenters. The van der Waals surface area contributed by atoms with Crippen LogP contribution in [0.3, 0.4) is 0 Å². The van der Waals surface area contributed by atoms with E-state index in [1.54, 1.807) is 0 Å². The molecule has 0 amide bonds. The van der Waals surface area contributed by atoms with Crippen LogP contribution in [0.1, 0.15) is 20.7 Å². The molecular weight excluding hydrogens is 196 g/mol. The Labute approximate surface area is 76.4 Å². The molecule has 0 aromatic carbocycles. The largest absolute Gasteiger partial charge is 0.545 e. The number of hydrogen-bond acceptors (Lipinski definition) is 7. The van der Waals surface area contributed by atoms with E-state index in [1.807, 2.05) is 0 Å². The molecule has 0 aliphatic rings. The Morgan fingerprint density at radius 3 is 1.54 bits per heavy atom. The van der Waals surface area contributed by atoms with E-state index in [4.69, 9.17) is 11.5 Å². The minimum atomic E-state index is -1.68. The molecule has 0 spiro atoms. The molecule has 0 saturated carbocycles. The molecule has 0 saturated heterocycles. The summed E-state index contributed by atoms with van der Waals surface area (Å²) in [5.41, 5.74) is 9.20. The van der Waals surface area contributed by atoms with Crippen molar-refractivity contribution in [3.8, 4) is 0 Å². The number of carboxylic acid groups (broad SMARTS) is 2. The minimum absolute atomic E-state index is 0.197. The van der Waals surface area contributed by atoms with Gasteiger partial charge in [-0.25, -0.2) is 0 Å². The molecule has 1 rings (SSSR count). The molecule has 4 N–H and O–H groups in total. The van der Waals surface area contributed by atoms with Crippen molar-refractivity contribution in [3.05, 3.63) is 11.1 Å². The Kier molecular flexibility index (Phi) is 2.11. The second kappa shape index (κ2) is 2.94. The van der Waals surface area contributed by atoms with Gasteiger partial charge in [0.15, 0.2) is 0 Å². The molecule has 0 bridgehead atoms. The first-order valence-electron chi connectivity index (χ1n) is 3.05. The topological polar surface area (TPSA) is 132 Å². The highest BCUT2D eigenvalue weighted by atomic mass is 32.1. The van der Waals surface area contributed by atoms with Crippen LogP contribution in [0.4, 0.5) is 10.0 Å². The molecule has 0 fully saturated rings. The summed E-state index contributed by atoms with van der Waals surface area (Å²) in [5, 5.41) is 20.5. The number of rotatable bonds is 2. The van der Waals surface area contributed by atoms with Gasteiger partial charge in [0.25, 0.3) is 0 Å². The van der Waals surface area contributed by atoms with Crippen LogP contribution in [-0.4, -0.2) is 11.9 Å². The zero-order chi connectivity index (χ0) is 10.2. The van der Waals surface area contributed by atoms with Crippen LogP contribution < -0.4 is 21.7 Å². The van der Waals surface area contributed by atoms with Crippen LogP contribution in [0.15, 0.2) is 0 Å². The zero-order valence-corrected chi connectivity index (χ0v) is 7.01. The normalized spacial score (nSPS) is 9.85. The van der Waals surface area contributed by atoms with Crippen molar-refractivity contribution < 1.29 is 19.8 Å². The van der Waals surface area contributed by atoms with Crippen LogP contribution >= 0.6 is 11.3 Å². The predicted octanol–water partition coefficient (Wildman–Crippen LogP) is -2.36. The van der Waals surface area contributed by atoms with Gasteiger partial charge in [-0.1, -0.05) is 0 Å². The maximum atomic E-state index is 10.4. The predicted molar refractivity (Wildman–Crippen MR) is 41.8 cm³/mol. The lowest BCUT2D eigenvalue weighted by Gasteiger charge is -2.06. The number of carbonyl (C=O) groups is 2. The lowest BCUT2D eigenvalue weighted by Crippen LogP contribution is -2.30. The lowest BCUT2D eigenvalue weighted by molar-refractivity contribution is -0.259. The van der Waals surface area contributed by atoms with E-state index < -0.39 is 23.1 Å². The Bertz CT molecular complexity index is 350. The molecular formula is C6H4N2O4S-2. The monoisotopic (exact) mass is 200 g/mol. The summed E-state index contributed by atoms with van der Waals surface area (Å²) in [4.78, 5) is 20.9. The minimum Gasteiger partial charge on any atom is -0.545 e. The van der Waals surface area contributed by atoms with Crippen LogP contribution in [-0.2, 0) is 0 Å². The summed E-state index contributed by atoms with van der Waals surface area (Å²) in [6, 6.07) is 0.